The van der Waals surface area contributed by atoms with Gasteiger partial charge in [-0.25, -0.2) is 0 Å². The molecule has 1 aliphatic rings. The largest absolute Gasteiger partial charge is 0.371 e. The Labute approximate surface area is 111 Å². The van der Waals surface area contributed by atoms with Crippen LogP contribution in [0.25, 0.3) is 0 Å². The van der Waals surface area contributed by atoms with E-state index in [4.69, 9.17) is 0 Å². The summed E-state index contributed by atoms with van der Waals surface area (Å²) in [4.78, 5) is 2.53. The van der Waals surface area contributed by atoms with Crippen LogP contribution in [-0.2, 0) is 6.42 Å². The van der Waals surface area contributed by atoms with Gasteiger partial charge in [-0.3, -0.25) is 0 Å². The van der Waals surface area contributed by atoms with Crippen LogP contribution in [0.4, 0.5) is 5.69 Å². The summed E-state index contributed by atoms with van der Waals surface area (Å²) in [5.74, 6) is 0.788. The van der Waals surface area contributed by atoms with Gasteiger partial charge in [0, 0.05) is 24.7 Å². The van der Waals surface area contributed by atoms with Crippen LogP contribution in [0, 0.1) is 5.92 Å². The Hall–Kier alpha value is -1.02. The van der Waals surface area contributed by atoms with Gasteiger partial charge in [0.2, 0.25) is 0 Å². The molecule has 1 fully saturated rings. The summed E-state index contributed by atoms with van der Waals surface area (Å²) < 4.78 is 0. The average Bonchev–Trinajstić information content (AvgIpc) is 2.89. The third kappa shape index (κ3) is 3.05. The van der Waals surface area contributed by atoms with E-state index in [9.17, 15) is 0 Å². The van der Waals surface area contributed by atoms with E-state index in [2.05, 4.69) is 48.7 Å². The van der Waals surface area contributed by atoms with Crippen LogP contribution in [-0.4, -0.2) is 19.1 Å². The summed E-state index contributed by atoms with van der Waals surface area (Å²) in [6.45, 7) is 6.86. The topological polar surface area (TPSA) is 30.9 Å². The average molecular weight is 247 g/mol. The lowest BCUT2D eigenvalue weighted by Gasteiger charge is -2.20. The van der Waals surface area contributed by atoms with Gasteiger partial charge in [-0.2, -0.15) is 0 Å². The van der Waals surface area contributed by atoms with Crippen molar-refractivity contribution in [2.75, 3.05) is 18.0 Å². The molecule has 0 saturated carbocycles. The number of hydrogen-bond acceptors (Lipinski definition) is 1. The van der Waals surface area contributed by atoms with Crippen molar-refractivity contribution in [3.05, 3.63) is 29.8 Å². The summed E-state index contributed by atoms with van der Waals surface area (Å²) in [6.07, 6.45) is 4.97. The smallest absolute Gasteiger partial charge is 0.0889 e. The molecule has 18 heavy (non-hydrogen) atoms. The van der Waals surface area contributed by atoms with Crippen molar-refractivity contribution in [3.8, 4) is 0 Å². The van der Waals surface area contributed by atoms with E-state index in [1.165, 1.54) is 43.6 Å². The van der Waals surface area contributed by atoms with Gasteiger partial charge in [0.15, 0.2) is 0 Å². The predicted octanol–water partition coefficient (Wildman–Crippen LogP) is 2.49. The number of nitrogens with zero attached hydrogens (tertiary/aromatic N) is 1. The normalized spacial score (nSPS) is 21.3. The number of quaternary nitrogens is 1. The Morgan fingerprint density at radius 3 is 2.61 bits per heavy atom. The van der Waals surface area contributed by atoms with Gasteiger partial charge in [-0.15, -0.1) is 0 Å². The fourth-order valence-corrected chi connectivity index (χ4v) is 2.96. The highest BCUT2D eigenvalue weighted by molar-refractivity contribution is 5.48. The molecule has 1 saturated heterocycles. The molecule has 1 aromatic carbocycles. The van der Waals surface area contributed by atoms with Crippen molar-refractivity contribution >= 4 is 5.69 Å². The molecule has 0 spiro atoms. The Balaban J connectivity index is 1.95. The molecular weight excluding hydrogens is 220 g/mol. The molecule has 100 valence electrons. The zero-order chi connectivity index (χ0) is 13.0. The Kier molecular flexibility index (Phi) is 4.65. The first kappa shape index (κ1) is 13.4. The van der Waals surface area contributed by atoms with E-state index in [1.807, 2.05) is 0 Å². The van der Waals surface area contributed by atoms with E-state index in [0.29, 0.717) is 6.04 Å². The third-order valence-electron chi connectivity index (χ3n) is 4.26. The van der Waals surface area contributed by atoms with Crippen LogP contribution in [0.1, 0.15) is 38.7 Å². The quantitative estimate of drug-likeness (QED) is 0.851. The van der Waals surface area contributed by atoms with Crippen LogP contribution >= 0.6 is 0 Å². The molecule has 2 unspecified atom stereocenters. The Morgan fingerprint density at radius 2 is 2.00 bits per heavy atom. The highest BCUT2D eigenvalue weighted by atomic mass is 15.2. The second-order valence-corrected chi connectivity index (χ2v) is 5.56. The minimum absolute atomic E-state index is 0.634. The number of aryl methyl sites for hydroxylation is 1. The van der Waals surface area contributed by atoms with E-state index in [0.717, 1.165) is 12.3 Å². The lowest BCUT2D eigenvalue weighted by molar-refractivity contribution is -0.433. The van der Waals surface area contributed by atoms with E-state index >= 15 is 0 Å². The summed E-state index contributed by atoms with van der Waals surface area (Å²) >= 11 is 0. The lowest BCUT2D eigenvalue weighted by Crippen LogP contribution is -2.64. The predicted molar refractivity (Wildman–Crippen MR) is 77.7 cm³/mol. The standard InChI is InChI=1S/C16H26N2/c1-3-5-16(17)14-10-11-18(12-14)15-8-6-13(4-2)7-9-15/h6-9,14,16H,3-5,10-12,17H2,1-2H3/p+1. The van der Waals surface area contributed by atoms with Gasteiger partial charge >= 0.3 is 0 Å². The first-order valence-corrected chi connectivity index (χ1v) is 7.41. The van der Waals surface area contributed by atoms with Crippen molar-refractivity contribution < 1.29 is 5.73 Å². The Bertz CT molecular complexity index is 358. The molecule has 0 aliphatic carbocycles. The number of rotatable bonds is 5. The van der Waals surface area contributed by atoms with Crippen molar-refractivity contribution in [3.63, 3.8) is 0 Å². The molecule has 0 bridgehead atoms. The lowest BCUT2D eigenvalue weighted by atomic mass is 9.96. The monoisotopic (exact) mass is 247 g/mol. The second kappa shape index (κ2) is 6.24. The molecule has 3 N–H and O–H groups in total. The summed E-state index contributed by atoms with van der Waals surface area (Å²) in [5.41, 5.74) is 7.15. The maximum Gasteiger partial charge on any atom is 0.0889 e. The minimum Gasteiger partial charge on any atom is -0.371 e. The van der Waals surface area contributed by atoms with Crippen LogP contribution in [0.2, 0.25) is 0 Å². The van der Waals surface area contributed by atoms with Crippen LogP contribution in [0.3, 0.4) is 0 Å². The maximum atomic E-state index is 4.34. The molecule has 1 aromatic rings. The van der Waals surface area contributed by atoms with Gasteiger partial charge in [0.05, 0.1) is 6.04 Å². The fraction of sp³-hybridized carbons (Fsp3) is 0.625. The zero-order valence-electron chi connectivity index (χ0n) is 11.9. The minimum atomic E-state index is 0.634. The van der Waals surface area contributed by atoms with Gasteiger partial charge in [-0.1, -0.05) is 32.4 Å². The molecule has 2 atom stereocenters. The highest BCUT2D eigenvalue weighted by Gasteiger charge is 2.29. The second-order valence-electron chi connectivity index (χ2n) is 5.56. The van der Waals surface area contributed by atoms with Crippen molar-refractivity contribution in [1.82, 2.24) is 0 Å². The van der Waals surface area contributed by atoms with E-state index < -0.39 is 0 Å². The molecule has 2 heteroatoms. The molecule has 0 amide bonds. The fourth-order valence-electron chi connectivity index (χ4n) is 2.96. The van der Waals surface area contributed by atoms with E-state index in [-0.39, 0.29) is 0 Å². The van der Waals surface area contributed by atoms with Crippen molar-refractivity contribution in [2.45, 2.75) is 45.6 Å². The molecule has 2 rings (SSSR count). The SMILES string of the molecule is CCCC([NH3+])C1CCN(c2ccc(CC)cc2)C1. The molecule has 1 aliphatic heterocycles. The van der Waals surface area contributed by atoms with Gasteiger partial charge in [-0.05, 0) is 37.0 Å². The highest BCUT2D eigenvalue weighted by Crippen LogP contribution is 2.26. The third-order valence-corrected chi connectivity index (χ3v) is 4.26. The van der Waals surface area contributed by atoms with Crippen molar-refractivity contribution in [2.24, 2.45) is 5.92 Å². The first-order chi connectivity index (χ1) is 8.74. The number of hydrogen-bond donors (Lipinski definition) is 1. The Morgan fingerprint density at radius 1 is 1.28 bits per heavy atom. The molecular formula is C16H27N2+. The summed E-state index contributed by atoms with van der Waals surface area (Å²) in [7, 11) is 0. The first-order valence-electron chi connectivity index (χ1n) is 7.41. The van der Waals surface area contributed by atoms with Crippen LogP contribution in [0.15, 0.2) is 24.3 Å². The molecule has 2 nitrogen and oxygen atoms in total. The summed E-state index contributed by atoms with van der Waals surface area (Å²) in [5, 5.41) is 0. The van der Waals surface area contributed by atoms with E-state index in [1.54, 1.807) is 0 Å². The van der Waals surface area contributed by atoms with Crippen molar-refractivity contribution in [1.29, 1.82) is 0 Å². The van der Waals surface area contributed by atoms with Gasteiger partial charge < -0.3 is 10.6 Å². The number of benzene rings is 1. The van der Waals surface area contributed by atoms with Crippen LogP contribution in [0.5, 0.6) is 0 Å². The van der Waals surface area contributed by atoms with Gasteiger partial charge in [0.25, 0.3) is 0 Å². The summed E-state index contributed by atoms with van der Waals surface area (Å²) in [6, 6.07) is 9.71. The van der Waals surface area contributed by atoms with Crippen LogP contribution < -0.4 is 10.6 Å². The maximum absolute atomic E-state index is 4.34. The number of anilines is 1. The molecule has 1 heterocycles. The van der Waals surface area contributed by atoms with Gasteiger partial charge in [0.1, 0.15) is 0 Å². The molecule has 0 aromatic heterocycles. The molecule has 0 radical (unpaired) electrons. The zero-order valence-corrected chi connectivity index (χ0v) is 11.9.